The first-order chi connectivity index (χ1) is 14.1. The molecule has 1 aromatic heterocycles. The molecule has 0 atom stereocenters. The van der Waals surface area contributed by atoms with Gasteiger partial charge in [-0.15, -0.1) is 0 Å². The fraction of sp³-hybridized carbons (Fsp3) is 0.227. The number of hydrogen-bond donors (Lipinski definition) is 1. The Hall–Kier alpha value is -3.16. The van der Waals surface area contributed by atoms with Gasteiger partial charge in [-0.2, -0.15) is 0 Å². The van der Waals surface area contributed by atoms with Crippen molar-refractivity contribution >= 4 is 22.6 Å². The number of nitrogens with one attached hydrogen (secondary N) is 1. The van der Waals surface area contributed by atoms with Gasteiger partial charge in [-0.05, 0) is 42.8 Å². The van der Waals surface area contributed by atoms with Crippen LogP contribution in [0.15, 0.2) is 65.2 Å². The maximum Gasteiger partial charge on any atom is 0.258 e. The molecule has 2 aliphatic rings. The van der Waals surface area contributed by atoms with Crippen LogP contribution < -0.4 is 5.32 Å². The van der Waals surface area contributed by atoms with Crippen molar-refractivity contribution in [3.63, 3.8) is 0 Å². The van der Waals surface area contributed by atoms with Crippen molar-refractivity contribution in [3.05, 3.63) is 77.4 Å². The fourth-order valence-electron chi connectivity index (χ4n) is 3.56. The van der Waals surface area contributed by atoms with E-state index >= 15 is 0 Å². The maximum absolute atomic E-state index is 13.5. The van der Waals surface area contributed by atoms with Gasteiger partial charge in [-0.3, -0.25) is 4.99 Å². The maximum atomic E-state index is 13.5. The highest BCUT2D eigenvalue weighted by molar-refractivity contribution is 6.08. The SMILES string of the molecule is CC1=CC(Nc2nc(C3(c4ccc(F)cc4)OCCO3)nc3ccccc23)=NC1. The van der Waals surface area contributed by atoms with Gasteiger partial charge in [0, 0.05) is 10.9 Å². The van der Waals surface area contributed by atoms with Crippen LogP contribution in [0.2, 0.25) is 0 Å². The molecule has 2 aromatic carbocycles. The van der Waals surface area contributed by atoms with Crippen molar-refractivity contribution in [3.8, 4) is 0 Å². The lowest BCUT2D eigenvalue weighted by atomic mass is 10.0. The zero-order chi connectivity index (χ0) is 19.8. The number of amidine groups is 1. The summed E-state index contributed by atoms with van der Waals surface area (Å²) in [7, 11) is 0. The van der Waals surface area contributed by atoms with Crippen molar-refractivity contribution in [2.45, 2.75) is 12.7 Å². The first kappa shape index (κ1) is 17.9. The number of aromatic nitrogens is 2. The second kappa shape index (κ2) is 7.02. The molecule has 1 N–H and O–H groups in total. The van der Waals surface area contributed by atoms with Crippen LogP contribution in [0.1, 0.15) is 18.3 Å². The van der Waals surface area contributed by atoms with Crippen molar-refractivity contribution in [2.24, 2.45) is 4.99 Å². The zero-order valence-corrected chi connectivity index (χ0v) is 15.9. The molecule has 7 heteroatoms. The van der Waals surface area contributed by atoms with Crippen LogP contribution >= 0.6 is 0 Å². The van der Waals surface area contributed by atoms with Crippen LogP contribution in [0.3, 0.4) is 0 Å². The monoisotopic (exact) mass is 390 g/mol. The molecule has 5 rings (SSSR count). The van der Waals surface area contributed by atoms with Gasteiger partial charge < -0.3 is 14.8 Å². The highest BCUT2D eigenvalue weighted by Crippen LogP contribution is 2.38. The number of aliphatic imine (C=N–C) groups is 1. The van der Waals surface area contributed by atoms with Crippen molar-refractivity contribution in [1.29, 1.82) is 0 Å². The van der Waals surface area contributed by atoms with E-state index < -0.39 is 5.79 Å². The van der Waals surface area contributed by atoms with E-state index in [9.17, 15) is 4.39 Å². The number of fused-ring (bicyclic) bond motifs is 1. The molecule has 0 radical (unpaired) electrons. The van der Waals surface area contributed by atoms with Crippen molar-refractivity contribution in [2.75, 3.05) is 25.1 Å². The number of hydrogen-bond acceptors (Lipinski definition) is 6. The average Bonchev–Trinajstić information content (AvgIpc) is 3.38. The summed E-state index contributed by atoms with van der Waals surface area (Å²) in [5.41, 5.74) is 2.57. The van der Waals surface area contributed by atoms with E-state index in [4.69, 9.17) is 19.4 Å². The quantitative estimate of drug-likeness (QED) is 0.737. The number of ether oxygens (including phenoxy) is 2. The Morgan fingerprint density at radius 3 is 2.48 bits per heavy atom. The van der Waals surface area contributed by atoms with E-state index in [0.29, 0.717) is 37.0 Å². The van der Waals surface area contributed by atoms with E-state index in [2.05, 4.69) is 10.3 Å². The highest BCUT2D eigenvalue weighted by Gasteiger charge is 2.44. The van der Waals surface area contributed by atoms with Crippen LogP contribution in [-0.2, 0) is 15.3 Å². The lowest BCUT2D eigenvalue weighted by Crippen LogP contribution is -2.31. The molecule has 6 nitrogen and oxygen atoms in total. The third kappa shape index (κ3) is 3.18. The third-order valence-electron chi connectivity index (χ3n) is 4.94. The lowest BCUT2D eigenvalue weighted by molar-refractivity contribution is -0.136. The molecule has 0 aliphatic carbocycles. The summed E-state index contributed by atoms with van der Waals surface area (Å²) in [6, 6.07) is 13.8. The molecular formula is C22H19FN4O2. The fourth-order valence-corrected chi connectivity index (χ4v) is 3.56. The molecule has 3 aromatic rings. The van der Waals surface area contributed by atoms with E-state index in [-0.39, 0.29) is 5.82 Å². The molecule has 2 aliphatic heterocycles. The molecule has 0 saturated carbocycles. The highest BCUT2D eigenvalue weighted by atomic mass is 19.1. The first-order valence-electron chi connectivity index (χ1n) is 9.44. The lowest BCUT2D eigenvalue weighted by Gasteiger charge is -2.27. The van der Waals surface area contributed by atoms with E-state index in [1.54, 1.807) is 12.1 Å². The Labute approximate surface area is 167 Å². The Bertz CT molecular complexity index is 1140. The molecule has 0 bridgehead atoms. The summed E-state index contributed by atoms with van der Waals surface area (Å²) in [5.74, 6) is 0.127. The molecule has 0 spiro atoms. The number of anilines is 1. The predicted octanol–water partition coefficient (Wildman–Crippen LogP) is 3.79. The Kier molecular flexibility index (Phi) is 4.34. The second-order valence-electron chi connectivity index (χ2n) is 7.05. The van der Waals surface area contributed by atoms with Crippen LogP contribution in [0.5, 0.6) is 0 Å². The average molecular weight is 390 g/mol. The Morgan fingerprint density at radius 1 is 1.00 bits per heavy atom. The van der Waals surface area contributed by atoms with Gasteiger partial charge >= 0.3 is 0 Å². The Morgan fingerprint density at radius 2 is 1.76 bits per heavy atom. The predicted molar refractivity (Wildman–Crippen MR) is 108 cm³/mol. The summed E-state index contributed by atoms with van der Waals surface area (Å²) in [6.45, 7) is 3.49. The largest absolute Gasteiger partial charge is 0.337 e. The molecule has 1 fully saturated rings. The molecule has 0 unspecified atom stereocenters. The van der Waals surface area contributed by atoms with Gasteiger partial charge in [-0.25, -0.2) is 14.4 Å². The molecule has 3 heterocycles. The number of rotatable bonds is 3. The molecule has 0 amide bonds. The topological polar surface area (TPSA) is 68.6 Å². The number of para-hydroxylation sites is 1. The van der Waals surface area contributed by atoms with Gasteiger partial charge in [0.1, 0.15) is 17.5 Å². The number of nitrogens with zero attached hydrogens (tertiary/aromatic N) is 3. The van der Waals surface area contributed by atoms with E-state index in [1.165, 1.54) is 17.7 Å². The van der Waals surface area contributed by atoms with Gasteiger partial charge in [0.2, 0.25) is 0 Å². The second-order valence-corrected chi connectivity index (χ2v) is 7.05. The minimum Gasteiger partial charge on any atom is -0.337 e. The first-order valence-corrected chi connectivity index (χ1v) is 9.44. The summed E-state index contributed by atoms with van der Waals surface area (Å²) < 4.78 is 25.5. The Balaban J connectivity index is 1.66. The number of halogens is 1. The van der Waals surface area contributed by atoms with Crippen molar-refractivity contribution in [1.82, 2.24) is 9.97 Å². The minimum absolute atomic E-state index is 0.329. The zero-order valence-electron chi connectivity index (χ0n) is 15.9. The van der Waals surface area contributed by atoms with Crippen LogP contribution in [0.4, 0.5) is 10.2 Å². The summed E-state index contributed by atoms with van der Waals surface area (Å²) in [5, 5.41) is 4.17. The van der Waals surface area contributed by atoms with Gasteiger partial charge in [0.05, 0.1) is 25.3 Å². The smallest absolute Gasteiger partial charge is 0.258 e. The summed E-state index contributed by atoms with van der Waals surface area (Å²) in [4.78, 5) is 14.0. The van der Waals surface area contributed by atoms with Gasteiger partial charge in [0.15, 0.2) is 5.82 Å². The molecular weight excluding hydrogens is 371 g/mol. The third-order valence-corrected chi connectivity index (χ3v) is 4.94. The number of benzene rings is 2. The summed E-state index contributed by atoms with van der Waals surface area (Å²) >= 11 is 0. The van der Waals surface area contributed by atoms with Gasteiger partial charge in [-0.1, -0.05) is 24.3 Å². The van der Waals surface area contributed by atoms with E-state index in [1.807, 2.05) is 37.3 Å². The van der Waals surface area contributed by atoms with Crippen LogP contribution in [0.25, 0.3) is 10.9 Å². The minimum atomic E-state index is -1.28. The normalized spacial score (nSPS) is 18.0. The standard InChI is InChI=1S/C22H19FN4O2/c1-14-12-19(24-13-14)26-20-17-4-2-3-5-18(17)25-21(27-20)22(28-10-11-29-22)15-6-8-16(23)9-7-15/h2-9,12H,10-11,13H2,1H3,(H,24,25,26,27). The molecule has 1 saturated heterocycles. The van der Waals surface area contributed by atoms with E-state index in [0.717, 1.165) is 16.7 Å². The molecule has 29 heavy (non-hydrogen) atoms. The summed E-state index contributed by atoms with van der Waals surface area (Å²) in [6.07, 6.45) is 1.99. The van der Waals surface area contributed by atoms with Crippen LogP contribution in [-0.4, -0.2) is 35.6 Å². The van der Waals surface area contributed by atoms with Gasteiger partial charge in [0.25, 0.3) is 5.79 Å². The van der Waals surface area contributed by atoms with Crippen LogP contribution in [0, 0.1) is 5.82 Å². The molecule has 146 valence electrons. The van der Waals surface area contributed by atoms with Crippen molar-refractivity contribution < 1.29 is 13.9 Å².